The predicted molar refractivity (Wildman–Crippen MR) is 63.6 cm³/mol. The summed E-state index contributed by atoms with van der Waals surface area (Å²) >= 11 is 11.5. The van der Waals surface area contributed by atoms with Crippen LogP contribution in [0.15, 0.2) is 36.9 Å². The van der Waals surface area contributed by atoms with Crippen LogP contribution in [0.2, 0.25) is 10.0 Å². The van der Waals surface area contributed by atoms with Crippen molar-refractivity contribution < 1.29 is 12.6 Å². The molecule has 0 N–H and O–H groups in total. The Morgan fingerprint density at radius 2 is 1.82 bits per heavy atom. The van der Waals surface area contributed by atoms with E-state index >= 15 is 0 Å². The second kappa shape index (κ2) is 4.56. The van der Waals surface area contributed by atoms with E-state index in [9.17, 15) is 8.42 Å². The fraction of sp³-hybridized carbons (Fsp3) is 0. The highest BCUT2D eigenvalue weighted by Gasteiger charge is 2.15. The van der Waals surface area contributed by atoms with E-state index in [0.29, 0.717) is 0 Å². The zero-order valence-corrected chi connectivity index (χ0v) is 10.6. The summed E-state index contributed by atoms with van der Waals surface area (Å²) in [6.45, 7) is 0. The van der Waals surface area contributed by atoms with Crippen LogP contribution in [-0.4, -0.2) is 17.4 Å². The number of aromatic nitrogens is 2. The van der Waals surface area contributed by atoms with Crippen molar-refractivity contribution in [3.8, 4) is 5.75 Å². The normalized spacial score (nSPS) is 11.4. The molecule has 1 aromatic heterocycles. The van der Waals surface area contributed by atoms with Gasteiger partial charge in [0.2, 0.25) is 0 Å². The van der Waals surface area contributed by atoms with Crippen molar-refractivity contribution in [1.82, 2.24) is 8.96 Å². The first-order valence-corrected chi connectivity index (χ1v) is 6.48. The van der Waals surface area contributed by atoms with Crippen molar-refractivity contribution in [3.05, 3.63) is 47.0 Å². The van der Waals surface area contributed by atoms with Gasteiger partial charge in [-0.1, -0.05) is 23.2 Å². The lowest BCUT2D eigenvalue weighted by Crippen LogP contribution is -2.17. The van der Waals surface area contributed by atoms with Gasteiger partial charge in [-0.3, -0.25) is 0 Å². The summed E-state index contributed by atoms with van der Waals surface area (Å²) in [6.07, 6.45) is 3.69. The zero-order chi connectivity index (χ0) is 12.5. The van der Waals surface area contributed by atoms with Gasteiger partial charge in [-0.05, 0) is 6.07 Å². The molecule has 17 heavy (non-hydrogen) atoms. The Kier molecular flexibility index (Phi) is 3.28. The smallest absolute Gasteiger partial charge is 0.366 e. The molecule has 8 heteroatoms. The SMILES string of the molecule is O=S(=O)(Oc1cc(Cl)cc(Cl)c1)n1ccnc1. The van der Waals surface area contributed by atoms with Gasteiger partial charge < -0.3 is 4.18 Å². The summed E-state index contributed by atoms with van der Waals surface area (Å²) in [4.78, 5) is 3.62. The minimum Gasteiger partial charge on any atom is -0.366 e. The first kappa shape index (κ1) is 12.2. The minimum absolute atomic E-state index is 0.0381. The number of imidazole rings is 1. The van der Waals surface area contributed by atoms with Crippen LogP contribution in [0.4, 0.5) is 0 Å². The second-order valence-corrected chi connectivity index (χ2v) is 5.36. The largest absolute Gasteiger partial charge is 0.414 e. The van der Waals surface area contributed by atoms with Crippen LogP contribution in [-0.2, 0) is 10.3 Å². The van der Waals surface area contributed by atoms with Gasteiger partial charge >= 0.3 is 10.3 Å². The molecule has 90 valence electrons. The zero-order valence-electron chi connectivity index (χ0n) is 8.25. The van der Waals surface area contributed by atoms with Crippen molar-refractivity contribution in [2.75, 3.05) is 0 Å². The summed E-state index contributed by atoms with van der Waals surface area (Å²) in [6, 6.07) is 4.17. The molecule has 0 saturated carbocycles. The van der Waals surface area contributed by atoms with Crippen LogP contribution in [0, 0.1) is 0 Å². The number of nitrogens with zero attached hydrogens (tertiary/aromatic N) is 2. The van der Waals surface area contributed by atoms with Crippen LogP contribution >= 0.6 is 23.2 Å². The van der Waals surface area contributed by atoms with Crippen LogP contribution in [0.3, 0.4) is 0 Å². The number of benzene rings is 1. The molecule has 5 nitrogen and oxygen atoms in total. The molecule has 0 atom stereocenters. The van der Waals surface area contributed by atoms with E-state index in [-0.39, 0.29) is 15.8 Å². The van der Waals surface area contributed by atoms with Crippen molar-refractivity contribution in [1.29, 1.82) is 0 Å². The van der Waals surface area contributed by atoms with Gasteiger partial charge in [0.25, 0.3) is 0 Å². The maximum atomic E-state index is 11.7. The highest BCUT2D eigenvalue weighted by atomic mass is 35.5. The van der Waals surface area contributed by atoms with E-state index in [2.05, 4.69) is 4.98 Å². The first-order chi connectivity index (χ1) is 7.97. The molecular weight excluding hydrogens is 287 g/mol. The minimum atomic E-state index is -3.97. The Balaban J connectivity index is 2.33. The van der Waals surface area contributed by atoms with Gasteiger partial charge in [-0.15, -0.1) is 0 Å². The molecule has 0 spiro atoms. The van der Waals surface area contributed by atoms with Crippen molar-refractivity contribution in [2.24, 2.45) is 0 Å². The van der Waals surface area contributed by atoms with E-state index in [1.54, 1.807) is 0 Å². The van der Waals surface area contributed by atoms with Crippen LogP contribution in [0.25, 0.3) is 0 Å². The second-order valence-electron chi connectivity index (χ2n) is 3.04. The molecular formula is C9H6Cl2N2O3S. The summed E-state index contributed by atoms with van der Waals surface area (Å²) in [5.41, 5.74) is 0. The Hall–Kier alpha value is -1.24. The molecule has 1 heterocycles. The molecule has 2 rings (SSSR count). The number of halogens is 2. The van der Waals surface area contributed by atoms with Crippen molar-refractivity contribution >= 4 is 33.5 Å². The maximum Gasteiger partial charge on any atom is 0.414 e. The summed E-state index contributed by atoms with van der Waals surface area (Å²) in [7, 11) is -3.97. The standard InChI is InChI=1S/C9H6Cl2N2O3S/c10-7-3-8(11)5-9(4-7)16-17(14,15)13-2-1-12-6-13/h1-6H. The first-order valence-electron chi connectivity index (χ1n) is 4.36. The molecule has 2 aromatic rings. The molecule has 1 aromatic carbocycles. The van der Waals surface area contributed by atoms with E-state index in [1.165, 1.54) is 30.6 Å². The van der Waals surface area contributed by atoms with E-state index in [0.717, 1.165) is 10.3 Å². The topological polar surface area (TPSA) is 61.2 Å². The Labute approximate surface area is 108 Å². The van der Waals surface area contributed by atoms with E-state index in [1.807, 2.05) is 0 Å². The molecule has 0 aliphatic rings. The summed E-state index contributed by atoms with van der Waals surface area (Å²) < 4.78 is 29.1. The third kappa shape index (κ3) is 2.91. The fourth-order valence-corrected chi connectivity index (χ4v) is 2.43. The molecule has 0 aliphatic carbocycles. The van der Waals surface area contributed by atoms with E-state index < -0.39 is 10.3 Å². The average molecular weight is 293 g/mol. The predicted octanol–water partition coefficient (Wildman–Crippen LogP) is 2.36. The highest BCUT2D eigenvalue weighted by molar-refractivity contribution is 7.85. The third-order valence-electron chi connectivity index (χ3n) is 1.78. The van der Waals surface area contributed by atoms with Crippen LogP contribution < -0.4 is 4.18 Å². The Morgan fingerprint density at radius 3 is 2.35 bits per heavy atom. The molecule has 0 saturated heterocycles. The maximum absolute atomic E-state index is 11.7. The number of rotatable bonds is 3. The Morgan fingerprint density at radius 1 is 1.18 bits per heavy atom. The molecule has 0 fully saturated rings. The van der Waals surface area contributed by atoms with Gasteiger partial charge in [0.1, 0.15) is 12.1 Å². The van der Waals surface area contributed by atoms with Crippen molar-refractivity contribution in [2.45, 2.75) is 0 Å². The van der Waals surface area contributed by atoms with Gasteiger partial charge in [0.15, 0.2) is 0 Å². The molecule has 0 aliphatic heterocycles. The van der Waals surface area contributed by atoms with Gasteiger partial charge in [0, 0.05) is 34.6 Å². The number of hydrogen-bond acceptors (Lipinski definition) is 4. The van der Waals surface area contributed by atoms with Gasteiger partial charge in [0.05, 0.1) is 0 Å². The van der Waals surface area contributed by atoms with Gasteiger partial charge in [-0.2, -0.15) is 8.42 Å². The summed E-state index contributed by atoms with van der Waals surface area (Å²) in [5.74, 6) is 0.0381. The quantitative estimate of drug-likeness (QED) is 0.871. The molecule has 0 bridgehead atoms. The van der Waals surface area contributed by atoms with Crippen LogP contribution in [0.1, 0.15) is 0 Å². The third-order valence-corrected chi connectivity index (χ3v) is 3.35. The number of hydrogen-bond donors (Lipinski definition) is 0. The average Bonchev–Trinajstić information content (AvgIpc) is 2.67. The Bertz CT molecular complexity index is 605. The van der Waals surface area contributed by atoms with Crippen LogP contribution in [0.5, 0.6) is 5.75 Å². The van der Waals surface area contributed by atoms with Gasteiger partial charge in [-0.25, -0.2) is 8.96 Å². The lowest BCUT2D eigenvalue weighted by atomic mass is 10.3. The molecule has 0 radical (unpaired) electrons. The highest BCUT2D eigenvalue weighted by Crippen LogP contribution is 2.25. The summed E-state index contributed by atoms with van der Waals surface area (Å²) in [5, 5.41) is 0.571. The molecule has 0 amide bonds. The van der Waals surface area contributed by atoms with Crippen molar-refractivity contribution in [3.63, 3.8) is 0 Å². The lowest BCUT2D eigenvalue weighted by Gasteiger charge is -2.07. The fourth-order valence-electron chi connectivity index (χ4n) is 1.12. The van der Waals surface area contributed by atoms with E-state index in [4.69, 9.17) is 27.4 Å². The monoisotopic (exact) mass is 292 g/mol. The molecule has 0 unspecified atom stereocenters. The lowest BCUT2D eigenvalue weighted by molar-refractivity contribution is 0.476.